The fraction of sp³-hybridized carbons (Fsp3) is 0.588. The summed E-state index contributed by atoms with van der Waals surface area (Å²) in [5.74, 6) is 0.805. The number of amides is 2. The third-order valence-electron chi connectivity index (χ3n) is 4.06. The standard InChI is InChI=1S/C17H27N3O3/c1-17(2,14-4-6-15(22-3)7-5-14)19-16(21)18-8-9-20-10-12-23-13-11-20/h4-7H,8-13H2,1-3H3,(H2,18,19,21). The second-order valence-electron chi connectivity index (χ2n) is 6.19. The fourth-order valence-corrected chi connectivity index (χ4v) is 2.56. The summed E-state index contributed by atoms with van der Waals surface area (Å²) < 4.78 is 10.5. The van der Waals surface area contributed by atoms with Crippen LogP contribution < -0.4 is 15.4 Å². The Morgan fingerprint density at radius 3 is 2.52 bits per heavy atom. The molecule has 0 radical (unpaired) electrons. The highest BCUT2D eigenvalue weighted by atomic mass is 16.5. The van der Waals surface area contributed by atoms with Gasteiger partial charge in [0.15, 0.2) is 0 Å². The molecular weight excluding hydrogens is 294 g/mol. The van der Waals surface area contributed by atoms with E-state index in [0.29, 0.717) is 6.54 Å². The van der Waals surface area contributed by atoms with Crippen LogP contribution in [0.15, 0.2) is 24.3 Å². The minimum Gasteiger partial charge on any atom is -0.497 e. The van der Waals surface area contributed by atoms with Crippen molar-refractivity contribution in [1.29, 1.82) is 0 Å². The highest BCUT2D eigenvalue weighted by molar-refractivity contribution is 5.75. The van der Waals surface area contributed by atoms with Crippen LogP contribution in [0, 0.1) is 0 Å². The predicted molar refractivity (Wildman–Crippen MR) is 89.8 cm³/mol. The molecular formula is C17H27N3O3. The largest absolute Gasteiger partial charge is 0.497 e. The quantitative estimate of drug-likeness (QED) is 0.835. The van der Waals surface area contributed by atoms with Crippen molar-refractivity contribution in [3.63, 3.8) is 0 Å². The number of ether oxygens (including phenoxy) is 2. The number of nitrogens with zero attached hydrogens (tertiary/aromatic N) is 1. The van der Waals surface area contributed by atoms with Gasteiger partial charge in [-0.25, -0.2) is 4.79 Å². The number of urea groups is 1. The molecule has 1 aliphatic rings. The van der Waals surface area contributed by atoms with Crippen LogP contribution in [0.25, 0.3) is 0 Å². The molecule has 0 unspecified atom stereocenters. The lowest BCUT2D eigenvalue weighted by molar-refractivity contribution is 0.0387. The van der Waals surface area contributed by atoms with E-state index >= 15 is 0 Å². The monoisotopic (exact) mass is 321 g/mol. The van der Waals surface area contributed by atoms with Crippen LogP contribution in [0.3, 0.4) is 0 Å². The van der Waals surface area contributed by atoms with Gasteiger partial charge < -0.3 is 20.1 Å². The normalized spacial score (nSPS) is 16.0. The van der Waals surface area contributed by atoms with Gasteiger partial charge in [0.2, 0.25) is 0 Å². The smallest absolute Gasteiger partial charge is 0.315 e. The highest BCUT2D eigenvalue weighted by Gasteiger charge is 2.22. The zero-order valence-corrected chi connectivity index (χ0v) is 14.2. The molecule has 2 amide bonds. The second kappa shape index (κ2) is 8.17. The first kappa shape index (κ1) is 17.6. The number of carbonyl (C=O) groups excluding carboxylic acids is 1. The maximum atomic E-state index is 12.1. The van der Waals surface area contributed by atoms with Crippen LogP contribution in [0.4, 0.5) is 4.79 Å². The molecule has 128 valence electrons. The highest BCUT2D eigenvalue weighted by Crippen LogP contribution is 2.22. The SMILES string of the molecule is COc1ccc(C(C)(C)NC(=O)NCCN2CCOCC2)cc1. The molecule has 2 N–H and O–H groups in total. The molecule has 0 aromatic heterocycles. The molecule has 6 nitrogen and oxygen atoms in total. The minimum atomic E-state index is -0.449. The summed E-state index contributed by atoms with van der Waals surface area (Å²) in [5.41, 5.74) is 0.580. The van der Waals surface area contributed by atoms with E-state index in [4.69, 9.17) is 9.47 Å². The van der Waals surface area contributed by atoms with Gasteiger partial charge in [-0.05, 0) is 31.5 Å². The first-order valence-corrected chi connectivity index (χ1v) is 8.02. The molecule has 0 aliphatic carbocycles. The number of rotatable bonds is 6. The summed E-state index contributed by atoms with van der Waals surface area (Å²) in [7, 11) is 1.64. The number of hydrogen-bond donors (Lipinski definition) is 2. The average Bonchev–Trinajstić information content (AvgIpc) is 2.55. The molecule has 0 bridgehead atoms. The number of hydrogen-bond acceptors (Lipinski definition) is 4. The van der Waals surface area contributed by atoms with E-state index in [-0.39, 0.29) is 6.03 Å². The van der Waals surface area contributed by atoms with Crippen LogP contribution in [-0.2, 0) is 10.3 Å². The Kier molecular flexibility index (Phi) is 6.24. The van der Waals surface area contributed by atoms with Gasteiger partial charge in [0, 0.05) is 26.2 Å². The summed E-state index contributed by atoms with van der Waals surface area (Å²) in [6.07, 6.45) is 0. The molecule has 0 saturated carbocycles. The van der Waals surface area contributed by atoms with Crippen molar-refractivity contribution in [2.24, 2.45) is 0 Å². The molecule has 0 spiro atoms. The van der Waals surface area contributed by atoms with Gasteiger partial charge in [-0.2, -0.15) is 0 Å². The van der Waals surface area contributed by atoms with E-state index < -0.39 is 5.54 Å². The Bertz CT molecular complexity index is 496. The maximum absolute atomic E-state index is 12.1. The van der Waals surface area contributed by atoms with Crippen molar-refractivity contribution in [3.8, 4) is 5.75 Å². The molecule has 2 rings (SSSR count). The number of nitrogens with one attached hydrogen (secondary N) is 2. The van der Waals surface area contributed by atoms with Crippen molar-refractivity contribution in [2.75, 3.05) is 46.5 Å². The van der Waals surface area contributed by atoms with E-state index in [0.717, 1.165) is 44.2 Å². The molecule has 1 aromatic carbocycles. The van der Waals surface area contributed by atoms with Crippen LogP contribution in [0.2, 0.25) is 0 Å². The van der Waals surface area contributed by atoms with E-state index in [1.54, 1.807) is 7.11 Å². The topological polar surface area (TPSA) is 62.8 Å². The summed E-state index contributed by atoms with van der Waals surface area (Å²) in [5, 5.41) is 5.93. The second-order valence-corrected chi connectivity index (χ2v) is 6.19. The van der Waals surface area contributed by atoms with Gasteiger partial charge in [-0.15, -0.1) is 0 Å². The summed E-state index contributed by atoms with van der Waals surface area (Å²) in [6, 6.07) is 7.57. The number of benzene rings is 1. The first-order chi connectivity index (χ1) is 11.0. The lowest BCUT2D eigenvalue weighted by atomic mass is 9.94. The lowest BCUT2D eigenvalue weighted by Crippen LogP contribution is -2.48. The van der Waals surface area contributed by atoms with Crippen LogP contribution in [-0.4, -0.2) is 57.4 Å². The average molecular weight is 321 g/mol. The molecule has 1 heterocycles. The van der Waals surface area contributed by atoms with Crippen LogP contribution >= 0.6 is 0 Å². The third kappa shape index (κ3) is 5.41. The fourth-order valence-electron chi connectivity index (χ4n) is 2.56. The van der Waals surface area contributed by atoms with Gasteiger partial charge in [0.05, 0.1) is 25.9 Å². The lowest BCUT2D eigenvalue weighted by Gasteiger charge is -2.28. The molecule has 23 heavy (non-hydrogen) atoms. The van der Waals surface area contributed by atoms with Crippen molar-refractivity contribution in [1.82, 2.24) is 15.5 Å². The molecule has 6 heteroatoms. The van der Waals surface area contributed by atoms with E-state index in [1.165, 1.54) is 0 Å². The van der Waals surface area contributed by atoms with Gasteiger partial charge in [0.1, 0.15) is 5.75 Å². The summed E-state index contributed by atoms with van der Waals surface area (Å²) >= 11 is 0. The number of carbonyl (C=O) groups is 1. The molecule has 1 saturated heterocycles. The summed E-state index contributed by atoms with van der Waals surface area (Å²) in [4.78, 5) is 14.4. The van der Waals surface area contributed by atoms with Crippen molar-refractivity contribution >= 4 is 6.03 Å². The zero-order valence-electron chi connectivity index (χ0n) is 14.2. The zero-order chi connectivity index (χ0) is 16.7. The number of morpholine rings is 1. The Labute approximate surface area is 138 Å². The van der Waals surface area contributed by atoms with E-state index in [1.807, 2.05) is 38.1 Å². The molecule has 1 fully saturated rings. The minimum absolute atomic E-state index is 0.154. The van der Waals surface area contributed by atoms with Crippen molar-refractivity contribution in [2.45, 2.75) is 19.4 Å². The Hall–Kier alpha value is -1.79. The predicted octanol–water partition coefficient (Wildman–Crippen LogP) is 1.56. The molecule has 1 aliphatic heterocycles. The number of methoxy groups -OCH3 is 1. The molecule has 1 aromatic rings. The van der Waals surface area contributed by atoms with Crippen molar-refractivity contribution < 1.29 is 14.3 Å². The summed E-state index contributed by atoms with van der Waals surface area (Å²) in [6.45, 7) is 8.85. The van der Waals surface area contributed by atoms with Gasteiger partial charge in [-0.1, -0.05) is 12.1 Å². The maximum Gasteiger partial charge on any atom is 0.315 e. The van der Waals surface area contributed by atoms with Gasteiger partial charge in [0.25, 0.3) is 0 Å². The van der Waals surface area contributed by atoms with Gasteiger partial charge in [-0.3, -0.25) is 4.90 Å². The van der Waals surface area contributed by atoms with Crippen LogP contribution in [0.5, 0.6) is 5.75 Å². The third-order valence-corrected chi connectivity index (χ3v) is 4.06. The Morgan fingerprint density at radius 1 is 1.26 bits per heavy atom. The Balaban J connectivity index is 1.77. The van der Waals surface area contributed by atoms with E-state index in [9.17, 15) is 4.79 Å². The first-order valence-electron chi connectivity index (χ1n) is 8.02. The Morgan fingerprint density at radius 2 is 1.91 bits per heavy atom. The van der Waals surface area contributed by atoms with E-state index in [2.05, 4.69) is 15.5 Å². The van der Waals surface area contributed by atoms with Crippen LogP contribution in [0.1, 0.15) is 19.4 Å². The van der Waals surface area contributed by atoms with Gasteiger partial charge >= 0.3 is 6.03 Å². The molecule has 0 atom stereocenters. The van der Waals surface area contributed by atoms with Crippen molar-refractivity contribution in [3.05, 3.63) is 29.8 Å².